The maximum absolute atomic E-state index is 12.5. The molecule has 0 radical (unpaired) electrons. The van der Waals surface area contributed by atoms with Crippen LogP contribution in [0.3, 0.4) is 0 Å². The molecule has 3 N–H and O–H groups in total. The van der Waals surface area contributed by atoms with Gasteiger partial charge >= 0.3 is 0 Å². The van der Waals surface area contributed by atoms with E-state index in [0.29, 0.717) is 18.0 Å². The SMILES string of the molecule is CCNC(=O)[C@H](C)NC(=O)[C@H](CC(C)C)NC(=O)c1ccc(Cl)cc1Cl. The highest BCUT2D eigenvalue weighted by Gasteiger charge is 2.26. The number of halogens is 2. The lowest BCUT2D eigenvalue weighted by Crippen LogP contribution is -2.53. The third kappa shape index (κ3) is 6.84. The Labute approximate surface area is 164 Å². The van der Waals surface area contributed by atoms with E-state index in [2.05, 4.69) is 16.0 Å². The van der Waals surface area contributed by atoms with Crippen LogP contribution in [0.25, 0.3) is 0 Å². The fourth-order valence-electron chi connectivity index (χ4n) is 2.32. The maximum Gasteiger partial charge on any atom is 0.253 e. The topological polar surface area (TPSA) is 87.3 Å². The zero-order valence-electron chi connectivity index (χ0n) is 15.4. The maximum atomic E-state index is 12.5. The van der Waals surface area contributed by atoms with Gasteiger partial charge in [0.25, 0.3) is 5.91 Å². The first kappa shape index (κ1) is 22.3. The number of carbonyl (C=O) groups is 3. The van der Waals surface area contributed by atoms with Crippen molar-refractivity contribution in [3.8, 4) is 0 Å². The minimum Gasteiger partial charge on any atom is -0.355 e. The molecule has 8 heteroatoms. The highest BCUT2D eigenvalue weighted by molar-refractivity contribution is 6.36. The number of hydrogen-bond donors (Lipinski definition) is 3. The van der Waals surface area contributed by atoms with Crippen molar-refractivity contribution in [3.05, 3.63) is 33.8 Å². The van der Waals surface area contributed by atoms with Crippen LogP contribution in [0.15, 0.2) is 18.2 Å². The van der Waals surface area contributed by atoms with Crippen LogP contribution in [0.1, 0.15) is 44.5 Å². The highest BCUT2D eigenvalue weighted by Crippen LogP contribution is 2.21. The molecule has 0 aliphatic carbocycles. The molecule has 0 unspecified atom stereocenters. The Hall–Kier alpha value is -1.79. The summed E-state index contributed by atoms with van der Waals surface area (Å²) in [5.41, 5.74) is 0.231. The van der Waals surface area contributed by atoms with Gasteiger partial charge in [-0.3, -0.25) is 14.4 Å². The van der Waals surface area contributed by atoms with E-state index in [4.69, 9.17) is 23.2 Å². The second-order valence-electron chi connectivity index (χ2n) is 6.40. The summed E-state index contributed by atoms with van der Waals surface area (Å²) < 4.78 is 0. The molecule has 0 aliphatic heterocycles. The summed E-state index contributed by atoms with van der Waals surface area (Å²) in [4.78, 5) is 36.8. The fourth-order valence-corrected chi connectivity index (χ4v) is 2.81. The second kappa shape index (κ2) is 10.4. The molecule has 6 nitrogen and oxygen atoms in total. The van der Waals surface area contributed by atoms with E-state index < -0.39 is 23.9 Å². The Bertz CT molecular complexity index is 665. The van der Waals surface area contributed by atoms with Crippen molar-refractivity contribution < 1.29 is 14.4 Å². The van der Waals surface area contributed by atoms with E-state index in [1.165, 1.54) is 12.1 Å². The van der Waals surface area contributed by atoms with Gasteiger partial charge < -0.3 is 16.0 Å². The monoisotopic (exact) mass is 401 g/mol. The molecule has 26 heavy (non-hydrogen) atoms. The molecule has 1 rings (SSSR count). The molecule has 3 amide bonds. The first-order valence-corrected chi connectivity index (χ1v) is 9.25. The quantitative estimate of drug-likeness (QED) is 0.625. The number of benzene rings is 1. The molecular formula is C18H25Cl2N3O3. The molecule has 0 spiro atoms. The van der Waals surface area contributed by atoms with E-state index in [9.17, 15) is 14.4 Å². The van der Waals surface area contributed by atoms with Crippen LogP contribution in [0, 0.1) is 5.92 Å². The number of hydrogen-bond acceptors (Lipinski definition) is 3. The third-order valence-corrected chi connectivity index (χ3v) is 4.16. The molecule has 144 valence electrons. The fraction of sp³-hybridized carbons (Fsp3) is 0.500. The summed E-state index contributed by atoms with van der Waals surface area (Å²) in [5.74, 6) is -1.02. The van der Waals surface area contributed by atoms with Gasteiger partial charge in [-0.15, -0.1) is 0 Å². The predicted octanol–water partition coefficient (Wildman–Crippen LogP) is 2.78. The largest absolute Gasteiger partial charge is 0.355 e. The van der Waals surface area contributed by atoms with E-state index in [0.717, 1.165) is 0 Å². The van der Waals surface area contributed by atoms with Gasteiger partial charge in [-0.05, 0) is 44.4 Å². The van der Waals surface area contributed by atoms with Gasteiger partial charge in [0, 0.05) is 11.6 Å². The van der Waals surface area contributed by atoms with Gasteiger partial charge in [-0.25, -0.2) is 0 Å². The first-order chi connectivity index (χ1) is 12.1. The van der Waals surface area contributed by atoms with Gasteiger partial charge in [-0.1, -0.05) is 37.0 Å². The van der Waals surface area contributed by atoms with Gasteiger partial charge in [0.2, 0.25) is 11.8 Å². The molecule has 0 heterocycles. The average molecular weight is 402 g/mol. The molecule has 0 saturated heterocycles. The molecule has 1 aromatic rings. The summed E-state index contributed by atoms with van der Waals surface area (Å²) in [6.07, 6.45) is 0.422. The Kier molecular flexibility index (Phi) is 8.88. The molecule has 1 aromatic carbocycles. The normalized spacial score (nSPS) is 13.0. The minimum atomic E-state index is -0.786. The third-order valence-electron chi connectivity index (χ3n) is 3.61. The summed E-state index contributed by atoms with van der Waals surface area (Å²) in [6.45, 7) is 7.74. The van der Waals surface area contributed by atoms with Crippen molar-refractivity contribution in [1.29, 1.82) is 0 Å². The number of rotatable bonds is 8. The zero-order chi connectivity index (χ0) is 19.9. The minimum absolute atomic E-state index is 0.159. The van der Waals surface area contributed by atoms with E-state index in [1.54, 1.807) is 19.9 Å². The average Bonchev–Trinajstić information content (AvgIpc) is 2.53. The Morgan fingerprint density at radius 1 is 1.04 bits per heavy atom. The van der Waals surface area contributed by atoms with Crippen molar-refractivity contribution in [1.82, 2.24) is 16.0 Å². The van der Waals surface area contributed by atoms with E-state index in [-0.39, 0.29) is 22.4 Å². The lowest BCUT2D eigenvalue weighted by Gasteiger charge is -2.22. The molecule has 2 atom stereocenters. The second-order valence-corrected chi connectivity index (χ2v) is 7.25. The summed E-state index contributed by atoms with van der Waals surface area (Å²) in [7, 11) is 0. The van der Waals surface area contributed by atoms with Crippen LogP contribution in [0.2, 0.25) is 10.0 Å². The lowest BCUT2D eigenvalue weighted by atomic mass is 10.0. The highest BCUT2D eigenvalue weighted by atomic mass is 35.5. The van der Waals surface area contributed by atoms with Crippen LogP contribution in [0.4, 0.5) is 0 Å². The predicted molar refractivity (Wildman–Crippen MR) is 103 cm³/mol. The lowest BCUT2D eigenvalue weighted by molar-refractivity contribution is -0.129. The molecule has 0 aromatic heterocycles. The van der Waals surface area contributed by atoms with Crippen molar-refractivity contribution >= 4 is 40.9 Å². The standard InChI is InChI=1S/C18H25Cl2N3O3/c1-5-21-16(24)11(4)22-18(26)15(8-10(2)3)23-17(25)13-7-6-12(19)9-14(13)20/h6-7,9-11,15H,5,8H2,1-4H3,(H,21,24)(H,22,26)(H,23,25)/t11-,15-/m0/s1. The van der Waals surface area contributed by atoms with Crippen LogP contribution in [-0.2, 0) is 9.59 Å². The first-order valence-electron chi connectivity index (χ1n) is 8.49. The van der Waals surface area contributed by atoms with Crippen molar-refractivity contribution in [3.63, 3.8) is 0 Å². The Balaban J connectivity index is 2.87. The summed E-state index contributed by atoms with van der Waals surface area (Å²) >= 11 is 11.9. The van der Waals surface area contributed by atoms with Crippen molar-refractivity contribution in [2.24, 2.45) is 5.92 Å². The van der Waals surface area contributed by atoms with Crippen LogP contribution in [-0.4, -0.2) is 36.3 Å². The van der Waals surface area contributed by atoms with E-state index in [1.807, 2.05) is 13.8 Å². The zero-order valence-corrected chi connectivity index (χ0v) is 16.9. The molecule has 0 fully saturated rings. The Morgan fingerprint density at radius 2 is 1.69 bits per heavy atom. The van der Waals surface area contributed by atoms with Crippen molar-refractivity contribution in [2.45, 2.75) is 46.2 Å². The molecule has 0 aliphatic rings. The number of nitrogens with one attached hydrogen (secondary N) is 3. The van der Waals surface area contributed by atoms with Crippen LogP contribution >= 0.6 is 23.2 Å². The van der Waals surface area contributed by atoms with Gasteiger partial charge in [0.05, 0.1) is 10.6 Å². The number of likely N-dealkylation sites (N-methyl/N-ethyl adjacent to an activating group) is 1. The summed E-state index contributed by atoms with van der Waals surface area (Å²) in [6, 6.07) is 3.03. The number of amides is 3. The molecule has 0 bridgehead atoms. The summed E-state index contributed by atoms with van der Waals surface area (Å²) in [5, 5.41) is 8.58. The van der Waals surface area contributed by atoms with Gasteiger partial charge in [-0.2, -0.15) is 0 Å². The van der Waals surface area contributed by atoms with Crippen molar-refractivity contribution in [2.75, 3.05) is 6.54 Å². The Morgan fingerprint density at radius 3 is 2.23 bits per heavy atom. The smallest absolute Gasteiger partial charge is 0.253 e. The van der Waals surface area contributed by atoms with Crippen LogP contribution in [0.5, 0.6) is 0 Å². The molecule has 0 saturated carbocycles. The molecular weight excluding hydrogens is 377 g/mol. The van der Waals surface area contributed by atoms with Crippen LogP contribution < -0.4 is 16.0 Å². The van der Waals surface area contributed by atoms with Gasteiger partial charge in [0.15, 0.2) is 0 Å². The van der Waals surface area contributed by atoms with Gasteiger partial charge in [0.1, 0.15) is 12.1 Å². The number of carbonyl (C=O) groups excluding carboxylic acids is 3. The van der Waals surface area contributed by atoms with E-state index >= 15 is 0 Å².